The first kappa shape index (κ1) is 25.8. The molecule has 0 aliphatic carbocycles. The first-order valence-electron chi connectivity index (χ1n) is 14.7. The summed E-state index contributed by atoms with van der Waals surface area (Å²) in [6.45, 7) is 4.31. The molecule has 0 saturated heterocycles. The summed E-state index contributed by atoms with van der Waals surface area (Å²) in [5, 5.41) is 2.59. The molecular weight excluding hydrogens is 506 g/mol. The van der Waals surface area contributed by atoms with Crippen molar-refractivity contribution >= 4 is 27.9 Å². The van der Waals surface area contributed by atoms with Crippen molar-refractivity contribution < 1.29 is 0 Å². The van der Waals surface area contributed by atoms with E-state index >= 15 is 0 Å². The highest BCUT2D eigenvalue weighted by molar-refractivity contribution is 6.11. The van der Waals surface area contributed by atoms with Crippen molar-refractivity contribution in [1.29, 1.82) is 0 Å². The summed E-state index contributed by atoms with van der Waals surface area (Å²) in [5.41, 5.74) is 13.9. The number of fused-ring (bicyclic) bond motifs is 3. The molecule has 1 heterocycles. The summed E-state index contributed by atoms with van der Waals surface area (Å²) in [7, 11) is 0. The molecule has 0 aliphatic heterocycles. The van der Waals surface area contributed by atoms with Crippen LogP contribution in [-0.4, -0.2) is 4.57 Å². The van der Waals surface area contributed by atoms with Crippen molar-refractivity contribution in [3.05, 3.63) is 168 Å². The molecule has 1 heteroatoms. The lowest BCUT2D eigenvalue weighted by Crippen LogP contribution is -1.96. The van der Waals surface area contributed by atoms with Crippen LogP contribution in [0.4, 0.5) is 0 Å². The maximum atomic E-state index is 2.42. The lowest BCUT2D eigenvalue weighted by molar-refractivity contribution is 1.17. The van der Waals surface area contributed by atoms with Gasteiger partial charge in [0.2, 0.25) is 0 Å². The summed E-state index contributed by atoms with van der Waals surface area (Å²) in [6.07, 6.45) is 5.24. The molecule has 0 fully saturated rings. The molecule has 0 radical (unpaired) electrons. The monoisotopic (exact) mass is 539 g/mol. The van der Waals surface area contributed by atoms with Gasteiger partial charge in [-0.2, -0.15) is 0 Å². The van der Waals surface area contributed by atoms with Crippen LogP contribution in [0, 0.1) is 6.92 Å². The minimum Gasteiger partial charge on any atom is -0.309 e. The van der Waals surface area contributed by atoms with Crippen LogP contribution in [0.2, 0.25) is 0 Å². The van der Waals surface area contributed by atoms with Gasteiger partial charge < -0.3 is 4.57 Å². The lowest BCUT2D eigenvalue weighted by Gasteiger charge is -2.12. The topological polar surface area (TPSA) is 4.93 Å². The maximum absolute atomic E-state index is 2.42. The zero-order valence-corrected chi connectivity index (χ0v) is 24.1. The largest absolute Gasteiger partial charge is 0.309 e. The van der Waals surface area contributed by atoms with Gasteiger partial charge in [-0.3, -0.25) is 0 Å². The van der Waals surface area contributed by atoms with Gasteiger partial charge in [-0.15, -0.1) is 0 Å². The van der Waals surface area contributed by atoms with Crippen molar-refractivity contribution in [2.75, 3.05) is 0 Å². The molecule has 0 aliphatic rings. The average Bonchev–Trinajstić information content (AvgIpc) is 3.39. The molecule has 0 spiro atoms. The van der Waals surface area contributed by atoms with E-state index in [1.54, 1.807) is 0 Å². The van der Waals surface area contributed by atoms with Crippen LogP contribution < -0.4 is 0 Å². The molecule has 0 amide bonds. The number of para-hydroxylation sites is 1. The molecule has 0 N–H and O–H groups in total. The molecule has 0 bridgehead atoms. The zero-order valence-electron chi connectivity index (χ0n) is 24.1. The molecule has 1 aromatic heterocycles. The van der Waals surface area contributed by atoms with Crippen molar-refractivity contribution in [3.8, 4) is 27.9 Å². The molecule has 0 atom stereocenters. The third-order valence-electron chi connectivity index (χ3n) is 8.36. The standard InChI is InChI=1S/C41H33N/c1-3-9-32-24-27-39-38-12-7-8-13-40(38)42(41(39)29(32)2)37-25-22-36(23-26-37)35-20-16-31(17-21-35)28-30-14-18-34(19-15-30)33-10-5-4-6-11-33/h3-27H,28H2,1-2H3/b9-3-. The van der Waals surface area contributed by atoms with E-state index in [1.165, 1.54) is 72.0 Å². The summed E-state index contributed by atoms with van der Waals surface area (Å²) < 4.78 is 2.42. The van der Waals surface area contributed by atoms with Crippen molar-refractivity contribution in [1.82, 2.24) is 4.57 Å². The highest BCUT2D eigenvalue weighted by atomic mass is 15.0. The highest BCUT2D eigenvalue weighted by Gasteiger charge is 2.15. The Labute approximate surface area is 248 Å². The average molecular weight is 540 g/mol. The van der Waals surface area contributed by atoms with E-state index in [9.17, 15) is 0 Å². The molecule has 1 nitrogen and oxygen atoms in total. The van der Waals surface area contributed by atoms with Crippen molar-refractivity contribution in [2.24, 2.45) is 0 Å². The number of aryl methyl sites for hydroxylation is 1. The maximum Gasteiger partial charge on any atom is 0.0576 e. The second kappa shape index (κ2) is 11.0. The van der Waals surface area contributed by atoms with Crippen LogP contribution in [0.15, 0.2) is 146 Å². The highest BCUT2D eigenvalue weighted by Crippen LogP contribution is 2.36. The molecule has 7 aromatic rings. The number of rotatable bonds is 6. The minimum absolute atomic E-state index is 0.927. The van der Waals surface area contributed by atoms with Gasteiger partial charge in [0.1, 0.15) is 0 Å². The molecule has 0 saturated carbocycles. The number of hydrogen-bond acceptors (Lipinski definition) is 0. The molecular formula is C41H33N. The number of allylic oxidation sites excluding steroid dienone is 1. The molecule has 0 unspecified atom stereocenters. The van der Waals surface area contributed by atoms with Crippen LogP contribution in [-0.2, 0) is 6.42 Å². The van der Waals surface area contributed by atoms with Gasteiger partial charge >= 0.3 is 0 Å². The van der Waals surface area contributed by atoms with E-state index < -0.39 is 0 Å². The first-order valence-corrected chi connectivity index (χ1v) is 14.7. The number of benzene rings is 6. The smallest absolute Gasteiger partial charge is 0.0576 e. The molecule has 42 heavy (non-hydrogen) atoms. The van der Waals surface area contributed by atoms with Crippen LogP contribution in [0.25, 0.3) is 55.8 Å². The summed E-state index contributed by atoms with van der Waals surface area (Å²) >= 11 is 0. The quantitative estimate of drug-likeness (QED) is 0.198. The fraction of sp³-hybridized carbons (Fsp3) is 0.0732. The number of nitrogens with zero attached hydrogens (tertiary/aromatic N) is 1. The Balaban J connectivity index is 1.16. The Morgan fingerprint density at radius 3 is 1.69 bits per heavy atom. The van der Waals surface area contributed by atoms with Gasteiger partial charge in [0.05, 0.1) is 11.0 Å². The van der Waals surface area contributed by atoms with Gasteiger partial charge in [-0.1, -0.05) is 133 Å². The lowest BCUT2D eigenvalue weighted by atomic mass is 9.98. The molecule has 6 aromatic carbocycles. The van der Waals surface area contributed by atoms with Crippen LogP contribution in [0.3, 0.4) is 0 Å². The van der Waals surface area contributed by atoms with E-state index in [0.717, 1.165) is 6.42 Å². The second-order valence-corrected chi connectivity index (χ2v) is 11.0. The molecule has 7 rings (SSSR count). The normalized spacial score (nSPS) is 11.6. The van der Waals surface area contributed by atoms with Crippen molar-refractivity contribution in [3.63, 3.8) is 0 Å². The van der Waals surface area contributed by atoms with E-state index in [4.69, 9.17) is 0 Å². The Kier molecular flexibility index (Phi) is 6.78. The Hall–Kier alpha value is -5.14. The van der Waals surface area contributed by atoms with Gasteiger partial charge in [0, 0.05) is 16.5 Å². The third kappa shape index (κ3) is 4.74. The van der Waals surface area contributed by atoms with Crippen molar-refractivity contribution in [2.45, 2.75) is 20.3 Å². The van der Waals surface area contributed by atoms with Crippen LogP contribution in [0.5, 0.6) is 0 Å². The third-order valence-corrected chi connectivity index (χ3v) is 8.36. The summed E-state index contributed by atoms with van der Waals surface area (Å²) in [4.78, 5) is 0. The van der Waals surface area contributed by atoms with E-state index in [2.05, 4.69) is 170 Å². The summed E-state index contributed by atoms with van der Waals surface area (Å²) in [6, 6.07) is 50.7. The van der Waals surface area contributed by atoms with Gasteiger partial charge in [0.15, 0.2) is 0 Å². The van der Waals surface area contributed by atoms with Gasteiger partial charge in [-0.25, -0.2) is 0 Å². The SMILES string of the molecule is C/C=C\c1ccc2c3ccccc3n(-c3ccc(-c4ccc(Cc5ccc(-c6ccccc6)cc5)cc4)cc3)c2c1C. The van der Waals surface area contributed by atoms with Crippen LogP contribution in [0.1, 0.15) is 29.2 Å². The van der Waals surface area contributed by atoms with Gasteiger partial charge in [0.25, 0.3) is 0 Å². The Morgan fingerprint density at radius 1 is 0.524 bits per heavy atom. The predicted molar refractivity (Wildman–Crippen MR) is 180 cm³/mol. The Bertz CT molecular complexity index is 2020. The van der Waals surface area contributed by atoms with Crippen LogP contribution >= 0.6 is 0 Å². The molecule has 202 valence electrons. The first-order chi connectivity index (χ1) is 20.7. The zero-order chi connectivity index (χ0) is 28.5. The minimum atomic E-state index is 0.927. The summed E-state index contributed by atoms with van der Waals surface area (Å²) in [5.74, 6) is 0. The van der Waals surface area contributed by atoms with E-state index in [0.29, 0.717) is 0 Å². The second-order valence-electron chi connectivity index (χ2n) is 11.0. The number of aromatic nitrogens is 1. The predicted octanol–water partition coefficient (Wildman–Crippen LogP) is 11.1. The van der Waals surface area contributed by atoms with E-state index in [1.807, 2.05) is 0 Å². The Morgan fingerprint density at radius 2 is 1.07 bits per heavy atom. The fourth-order valence-corrected chi connectivity index (χ4v) is 6.17. The number of hydrogen-bond donors (Lipinski definition) is 0. The van der Waals surface area contributed by atoms with Gasteiger partial charge in [-0.05, 0) is 83.0 Å². The van der Waals surface area contributed by atoms with E-state index in [-0.39, 0.29) is 0 Å². The fourth-order valence-electron chi connectivity index (χ4n) is 6.17.